The summed E-state index contributed by atoms with van der Waals surface area (Å²) < 4.78 is 5.17. The van der Waals surface area contributed by atoms with Gasteiger partial charge < -0.3 is 15.8 Å². The third kappa shape index (κ3) is 9.81. The van der Waals surface area contributed by atoms with Crippen LogP contribution in [0.15, 0.2) is 0 Å². The zero-order chi connectivity index (χ0) is 9.23. The van der Waals surface area contributed by atoms with Gasteiger partial charge in [0, 0.05) is 26.2 Å². The number of thiocarbonyl (C=S) groups is 1. The van der Waals surface area contributed by atoms with E-state index in [2.05, 4.69) is 5.32 Å². The Hall–Kier alpha value is -0.190. The van der Waals surface area contributed by atoms with Crippen LogP contribution in [0.1, 0.15) is 19.8 Å². The zero-order valence-corrected chi connectivity index (χ0v) is 8.45. The lowest BCUT2D eigenvalue weighted by atomic mass is 10.4. The van der Waals surface area contributed by atoms with E-state index in [1.165, 1.54) is 0 Å². The SMILES string of the molecule is CCOCCCNCCC(N)=S. The average Bonchev–Trinajstić information content (AvgIpc) is 2.02. The van der Waals surface area contributed by atoms with Crippen molar-refractivity contribution in [2.24, 2.45) is 5.73 Å². The summed E-state index contributed by atoms with van der Waals surface area (Å²) in [5.74, 6) is 0. The van der Waals surface area contributed by atoms with Gasteiger partial charge in [0.15, 0.2) is 0 Å². The van der Waals surface area contributed by atoms with Crippen LogP contribution in [-0.2, 0) is 4.74 Å². The minimum atomic E-state index is 0.576. The Kier molecular flexibility index (Phi) is 8.76. The van der Waals surface area contributed by atoms with E-state index in [0.717, 1.165) is 39.1 Å². The van der Waals surface area contributed by atoms with E-state index in [-0.39, 0.29) is 0 Å². The van der Waals surface area contributed by atoms with Crippen LogP contribution in [0.5, 0.6) is 0 Å². The molecule has 0 aromatic rings. The van der Waals surface area contributed by atoms with Crippen molar-refractivity contribution in [2.75, 3.05) is 26.3 Å². The maximum atomic E-state index is 5.32. The van der Waals surface area contributed by atoms with Gasteiger partial charge in [0.2, 0.25) is 0 Å². The number of hydrogen-bond acceptors (Lipinski definition) is 3. The average molecular weight is 190 g/mol. The molecule has 0 aliphatic carbocycles. The highest BCUT2D eigenvalue weighted by Crippen LogP contribution is 1.81. The fraction of sp³-hybridized carbons (Fsp3) is 0.875. The van der Waals surface area contributed by atoms with E-state index < -0.39 is 0 Å². The summed E-state index contributed by atoms with van der Waals surface area (Å²) in [6.45, 7) is 5.48. The predicted octanol–water partition coefficient (Wildman–Crippen LogP) is 0.679. The number of hydrogen-bond donors (Lipinski definition) is 2. The van der Waals surface area contributed by atoms with E-state index in [9.17, 15) is 0 Å². The molecule has 3 nitrogen and oxygen atoms in total. The fourth-order valence-corrected chi connectivity index (χ4v) is 0.882. The molecule has 0 saturated carbocycles. The van der Waals surface area contributed by atoms with Gasteiger partial charge in [0.1, 0.15) is 0 Å². The first-order valence-corrected chi connectivity index (χ1v) is 4.75. The van der Waals surface area contributed by atoms with E-state index >= 15 is 0 Å². The first-order chi connectivity index (χ1) is 5.77. The Morgan fingerprint density at radius 1 is 1.50 bits per heavy atom. The molecular formula is C8H18N2OS. The van der Waals surface area contributed by atoms with Crippen molar-refractivity contribution in [2.45, 2.75) is 19.8 Å². The lowest BCUT2D eigenvalue weighted by Crippen LogP contribution is -2.22. The van der Waals surface area contributed by atoms with Crippen LogP contribution >= 0.6 is 12.2 Å². The number of rotatable bonds is 8. The summed E-state index contributed by atoms with van der Waals surface area (Å²) >= 11 is 4.73. The van der Waals surface area contributed by atoms with E-state index in [1.54, 1.807) is 0 Å². The number of ether oxygens (including phenoxy) is 1. The molecule has 0 atom stereocenters. The molecule has 0 aromatic heterocycles. The second-order valence-electron chi connectivity index (χ2n) is 2.52. The Morgan fingerprint density at radius 3 is 2.83 bits per heavy atom. The topological polar surface area (TPSA) is 47.3 Å². The maximum absolute atomic E-state index is 5.32. The van der Waals surface area contributed by atoms with Gasteiger partial charge in [-0.05, 0) is 19.9 Å². The lowest BCUT2D eigenvalue weighted by Gasteiger charge is -2.03. The van der Waals surface area contributed by atoms with Gasteiger partial charge in [-0.25, -0.2) is 0 Å². The second-order valence-corrected chi connectivity index (χ2v) is 3.04. The molecular weight excluding hydrogens is 172 g/mol. The third-order valence-electron chi connectivity index (χ3n) is 1.39. The highest BCUT2D eigenvalue weighted by Gasteiger charge is 1.90. The van der Waals surface area contributed by atoms with E-state index in [4.69, 9.17) is 22.7 Å². The smallest absolute Gasteiger partial charge is 0.0740 e. The first kappa shape index (κ1) is 11.8. The fourth-order valence-electron chi connectivity index (χ4n) is 0.780. The van der Waals surface area contributed by atoms with Gasteiger partial charge in [0.25, 0.3) is 0 Å². The maximum Gasteiger partial charge on any atom is 0.0740 e. The molecule has 0 rings (SSSR count). The molecule has 0 fully saturated rings. The van der Waals surface area contributed by atoms with Crippen LogP contribution in [0.3, 0.4) is 0 Å². The predicted molar refractivity (Wildman–Crippen MR) is 55.4 cm³/mol. The summed E-state index contributed by atoms with van der Waals surface area (Å²) in [4.78, 5) is 0.576. The van der Waals surface area contributed by atoms with Gasteiger partial charge in [-0.2, -0.15) is 0 Å². The van der Waals surface area contributed by atoms with Crippen LogP contribution < -0.4 is 11.1 Å². The van der Waals surface area contributed by atoms with Crippen LogP contribution in [0.4, 0.5) is 0 Å². The largest absolute Gasteiger partial charge is 0.393 e. The van der Waals surface area contributed by atoms with Gasteiger partial charge in [-0.3, -0.25) is 0 Å². The number of nitrogens with one attached hydrogen (secondary N) is 1. The summed E-state index contributed by atoms with van der Waals surface area (Å²) in [5, 5.41) is 3.23. The first-order valence-electron chi connectivity index (χ1n) is 4.34. The Labute approximate surface area is 79.7 Å². The number of nitrogens with two attached hydrogens (primary N) is 1. The normalized spacial score (nSPS) is 10.1. The molecule has 72 valence electrons. The monoisotopic (exact) mass is 190 g/mol. The lowest BCUT2D eigenvalue weighted by molar-refractivity contribution is 0.145. The molecule has 3 N–H and O–H groups in total. The highest BCUT2D eigenvalue weighted by atomic mass is 32.1. The zero-order valence-electron chi connectivity index (χ0n) is 7.64. The molecule has 12 heavy (non-hydrogen) atoms. The quantitative estimate of drug-likeness (QED) is 0.436. The second kappa shape index (κ2) is 8.90. The van der Waals surface area contributed by atoms with Crippen molar-refractivity contribution in [3.05, 3.63) is 0 Å². The van der Waals surface area contributed by atoms with Crippen LogP contribution in [-0.4, -0.2) is 31.3 Å². The van der Waals surface area contributed by atoms with Crippen LogP contribution in [0.2, 0.25) is 0 Å². The summed E-state index contributed by atoms with van der Waals surface area (Å²) in [7, 11) is 0. The molecule has 0 saturated heterocycles. The minimum absolute atomic E-state index is 0.576. The third-order valence-corrected chi connectivity index (χ3v) is 1.60. The van der Waals surface area contributed by atoms with Gasteiger partial charge in [-0.1, -0.05) is 12.2 Å². The van der Waals surface area contributed by atoms with Crippen LogP contribution in [0, 0.1) is 0 Å². The van der Waals surface area contributed by atoms with Crippen LogP contribution in [0.25, 0.3) is 0 Å². The van der Waals surface area contributed by atoms with Crippen molar-refractivity contribution in [3.63, 3.8) is 0 Å². The van der Waals surface area contributed by atoms with Crippen molar-refractivity contribution >= 4 is 17.2 Å². The Balaban J connectivity index is 2.86. The molecule has 0 aliphatic heterocycles. The van der Waals surface area contributed by atoms with Gasteiger partial charge >= 0.3 is 0 Å². The van der Waals surface area contributed by atoms with Crippen molar-refractivity contribution in [1.82, 2.24) is 5.32 Å². The van der Waals surface area contributed by atoms with E-state index in [0.29, 0.717) is 4.99 Å². The van der Waals surface area contributed by atoms with Crippen molar-refractivity contribution in [3.8, 4) is 0 Å². The molecule has 0 amide bonds. The molecule has 0 radical (unpaired) electrons. The Bertz CT molecular complexity index is 120. The van der Waals surface area contributed by atoms with E-state index in [1.807, 2.05) is 6.92 Å². The van der Waals surface area contributed by atoms with Crippen molar-refractivity contribution in [1.29, 1.82) is 0 Å². The summed E-state index contributed by atoms with van der Waals surface area (Å²) in [6, 6.07) is 0. The Morgan fingerprint density at radius 2 is 2.25 bits per heavy atom. The summed E-state index contributed by atoms with van der Waals surface area (Å²) in [5.41, 5.74) is 5.32. The highest BCUT2D eigenvalue weighted by molar-refractivity contribution is 7.80. The molecule has 0 aliphatic rings. The minimum Gasteiger partial charge on any atom is -0.393 e. The molecule has 0 spiro atoms. The molecule has 4 heteroatoms. The van der Waals surface area contributed by atoms with Crippen molar-refractivity contribution < 1.29 is 4.74 Å². The molecule has 0 heterocycles. The standard InChI is InChI=1S/C8H18N2OS/c1-2-11-7-3-5-10-6-4-8(9)12/h10H,2-7H2,1H3,(H2,9,12). The van der Waals surface area contributed by atoms with Gasteiger partial charge in [0.05, 0.1) is 4.99 Å². The van der Waals surface area contributed by atoms with Gasteiger partial charge in [-0.15, -0.1) is 0 Å². The molecule has 0 unspecified atom stereocenters. The molecule has 0 aromatic carbocycles. The molecule has 0 bridgehead atoms. The summed E-state index contributed by atoms with van der Waals surface area (Å²) in [6.07, 6.45) is 1.83.